The standard InChI is InChI=1S/C33H26N2O4S/c1-21-13-15-24(16-14-21)35-32(37)30(23-7-3-2-4-8-23)40-26-19-17-25(18-20-26)34-31(36)27-11-5-9-22-10-6-12-28(29(22)27)33(38)39/h2-20,30H,1H3,(H,34,36)(H,35,37)(H,38,39). The maximum atomic E-state index is 13.3. The average molecular weight is 547 g/mol. The van der Waals surface area contributed by atoms with E-state index in [-0.39, 0.29) is 17.0 Å². The summed E-state index contributed by atoms with van der Waals surface area (Å²) in [5.74, 6) is -1.63. The maximum absolute atomic E-state index is 13.3. The molecule has 0 bridgehead atoms. The van der Waals surface area contributed by atoms with Crippen LogP contribution in [0, 0.1) is 6.92 Å². The van der Waals surface area contributed by atoms with Crippen molar-refractivity contribution in [1.82, 2.24) is 0 Å². The van der Waals surface area contributed by atoms with Crippen LogP contribution < -0.4 is 10.6 Å². The molecular weight excluding hydrogens is 520 g/mol. The Labute approximate surface area is 236 Å². The van der Waals surface area contributed by atoms with Gasteiger partial charge in [0.1, 0.15) is 5.25 Å². The van der Waals surface area contributed by atoms with E-state index in [9.17, 15) is 19.5 Å². The second-order valence-electron chi connectivity index (χ2n) is 9.26. The van der Waals surface area contributed by atoms with Gasteiger partial charge in [0.25, 0.3) is 5.91 Å². The van der Waals surface area contributed by atoms with E-state index in [4.69, 9.17) is 0 Å². The van der Waals surface area contributed by atoms with Gasteiger partial charge in [-0.25, -0.2) is 4.79 Å². The van der Waals surface area contributed by atoms with Gasteiger partial charge in [0, 0.05) is 27.2 Å². The number of aromatic carboxylic acids is 1. The number of anilines is 2. The van der Waals surface area contributed by atoms with Crippen molar-refractivity contribution in [2.75, 3.05) is 10.6 Å². The number of benzene rings is 5. The lowest BCUT2D eigenvalue weighted by Crippen LogP contribution is -2.19. The molecule has 3 N–H and O–H groups in total. The fraction of sp³-hybridized carbons (Fsp3) is 0.0606. The molecular formula is C33H26N2O4S. The smallest absolute Gasteiger partial charge is 0.336 e. The molecule has 1 atom stereocenters. The van der Waals surface area contributed by atoms with Crippen LogP contribution in [0.3, 0.4) is 0 Å². The molecule has 0 aliphatic rings. The highest BCUT2D eigenvalue weighted by atomic mass is 32.2. The summed E-state index contributed by atoms with van der Waals surface area (Å²) >= 11 is 1.41. The second-order valence-corrected chi connectivity index (χ2v) is 10.4. The summed E-state index contributed by atoms with van der Waals surface area (Å²) in [5.41, 5.74) is 3.63. The van der Waals surface area contributed by atoms with Crippen LogP contribution in [0.1, 0.15) is 37.1 Å². The summed E-state index contributed by atoms with van der Waals surface area (Å²) < 4.78 is 0. The largest absolute Gasteiger partial charge is 0.478 e. The summed E-state index contributed by atoms with van der Waals surface area (Å²) in [5, 5.41) is 16.1. The van der Waals surface area contributed by atoms with Crippen molar-refractivity contribution in [3.8, 4) is 0 Å². The Morgan fingerprint density at radius 2 is 1.27 bits per heavy atom. The number of fused-ring (bicyclic) bond motifs is 1. The number of carbonyl (C=O) groups excluding carboxylic acids is 2. The number of thioether (sulfide) groups is 1. The Morgan fingerprint density at radius 3 is 1.93 bits per heavy atom. The molecule has 0 aromatic heterocycles. The third kappa shape index (κ3) is 6.06. The molecule has 0 spiro atoms. The van der Waals surface area contributed by atoms with Gasteiger partial charge in [0.2, 0.25) is 5.91 Å². The van der Waals surface area contributed by atoms with Crippen LogP contribution in [0.15, 0.2) is 120 Å². The summed E-state index contributed by atoms with van der Waals surface area (Å²) in [7, 11) is 0. The Balaban J connectivity index is 1.34. The quantitative estimate of drug-likeness (QED) is 0.175. The zero-order valence-corrected chi connectivity index (χ0v) is 22.4. The first-order valence-electron chi connectivity index (χ1n) is 12.6. The third-order valence-electron chi connectivity index (χ3n) is 6.41. The van der Waals surface area contributed by atoms with Crippen LogP contribution >= 0.6 is 11.8 Å². The minimum atomic E-state index is -1.09. The average Bonchev–Trinajstić information content (AvgIpc) is 2.97. The molecule has 0 saturated heterocycles. The van der Waals surface area contributed by atoms with Crippen molar-refractivity contribution >= 4 is 51.7 Å². The first-order valence-corrected chi connectivity index (χ1v) is 13.5. The van der Waals surface area contributed by atoms with Gasteiger partial charge in [-0.2, -0.15) is 0 Å². The summed E-state index contributed by atoms with van der Waals surface area (Å²) in [6.07, 6.45) is 0. The number of carbonyl (C=O) groups is 3. The lowest BCUT2D eigenvalue weighted by molar-refractivity contribution is -0.115. The molecule has 0 aliphatic heterocycles. The van der Waals surface area contributed by atoms with E-state index >= 15 is 0 Å². The fourth-order valence-corrected chi connectivity index (χ4v) is 5.43. The summed E-state index contributed by atoms with van der Waals surface area (Å²) in [6.45, 7) is 2.00. The van der Waals surface area contributed by atoms with Gasteiger partial charge >= 0.3 is 5.97 Å². The predicted octanol–water partition coefficient (Wildman–Crippen LogP) is 7.57. The Bertz CT molecular complexity index is 1680. The van der Waals surface area contributed by atoms with E-state index in [0.717, 1.165) is 21.7 Å². The maximum Gasteiger partial charge on any atom is 0.336 e. The van der Waals surface area contributed by atoms with Crippen LogP contribution in [-0.4, -0.2) is 22.9 Å². The van der Waals surface area contributed by atoms with E-state index in [0.29, 0.717) is 16.5 Å². The molecule has 6 nitrogen and oxygen atoms in total. The minimum Gasteiger partial charge on any atom is -0.478 e. The number of rotatable bonds is 8. The van der Waals surface area contributed by atoms with Gasteiger partial charge in [-0.05, 0) is 66.4 Å². The fourth-order valence-electron chi connectivity index (χ4n) is 4.41. The van der Waals surface area contributed by atoms with Crippen molar-refractivity contribution < 1.29 is 19.5 Å². The number of carboxylic acids is 1. The SMILES string of the molecule is Cc1ccc(NC(=O)C(Sc2ccc(NC(=O)c3cccc4cccc(C(=O)O)c34)cc2)c2ccccc2)cc1. The molecule has 40 heavy (non-hydrogen) atoms. The predicted molar refractivity (Wildman–Crippen MR) is 160 cm³/mol. The van der Waals surface area contributed by atoms with Crippen molar-refractivity contribution in [3.05, 3.63) is 138 Å². The van der Waals surface area contributed by atoms with Crippen LogP contribution in [0.2, 0.25) is 0 Å². The molecule has 0 saturated carbocycles. The van der Waals surface area contributed by atoms with E-state index in [1.165, 1.54) is 17.8 Å². The number of hydrogen-bond donors (Lipinski definition) is 3. The first-order chi connectivity index (χ1) is 19.4. The van der Waals surface area contributed by atoms with Crippen LogP contribution in [0.4, 0.5) is 11.4 Å². The van der Waals surface area contributed by atoms with Crippen molar-refractivity contribution in [2.24, 2.45) is 0 Å². The highest BCUT2D eigenvalue weighted by Gasteiger charge is 2.22. The van der Waals surface area contributed by atoms with Gasteiger partial charge in [0.15, 0.2) is 0 Å². The van der Waals surface area contributed by atoms with E-state index in [1.54, 1.807) is 42.5 Å². The zero-order chi connectivity index (χ0) is 28.1. The van der Waals surface area contributed by atoms with Crippen molar-refractivity contribution in [2.45, 2.75) is 17.1 Å². The number of amides is 2. The lowest BCUT2D eigenvalue weighted by atomic mass is 9.98. The molecule has 5 aromatic rings. The molecule has 2 amide bonds. The second kappa shape index (κ2) is 11.9. The van der Waals surface area contributed by atoms with Gasteiger partial charge in [-0.3, -0.25) is 9.59 Å². The number of carboxylic acid groups (broad SMARTS) is 1. The van der Waals surface area contributed by atoms with Crippen molar-refractivity contribution in [3.63, 3.8) is 0 Å². The molecule has 7 heteroatoms. The van der Waals surface area contributed by atoms with Gasteiger partial charge in [0.05, 0.1) is 5.56 Å². The Hall–Kier alpha value is -4.88. The zero-order valence-electron chi connectivity index (χ0n) is 21.6. The molecule has 1 unspecified atom stereocenters. The normalized spacial score (nSPS) is 11.5. The van der Waals surface area contributed by atoms with Gasteiger partial charge in [-0.15, -0.1) is 11.8 Å². The molecule has 5 aromatic carbocycles. The summed E-state index contributed by atoms with van der Waals surface area (Å²) in [6, 6.07) is 34.5. The highest BCUT2D eigenvalue weighted by Crippen LogP contribution is 2.37. The number of hydrogen-bond acceptors (Lipinski definition) is 4. The van der Waals surface area contributed by atoms with E-state index in [1.807, 2.05) is 73.7 Å². The molecule has 0 aliphatic carbocycles. The monoisotopic (exact) mass is 546 g/mol. The van der Waals surface area contributed by atoms with E-state index < -0.39 is 17.1 Å². The van der Waals surface area contributed by atoms with Crippen LogP contribution in [0.25, 0.3) is 10.8 Å². The van der Waals surface area contributed by atoms with E-state index in [2.05, 4.69) is 10.6 Å². The lowest BCUT2D eigenvalue weighted by Gasteiger charge is -2.17. The first kappa shape index (κ1) is 26.7. The topological polar surface area (TPSA) is 95.5 Å². The molecule has 5 rings (SSSR count). The van der Waals surface area contributed by atoms with Crippen LogP contribution in [0.5, 0.6) is 0 Å². The molecule has 0 fully saturated rings. The van der Waals surface area contributed by atoms with Crippen molar-refractivity contribution in [1.29, 1.82) is 0 Å². The van der Waals surface area contributed by atoms with Crippen LogP contribution in [-0.2, 0) is 4.79 Å². The summed E-state index contributed by atoms with van der Waals surface area (Å²) in [4.78, 5) is 39.1. The Morgan fingerprint density at radius 1 is 0.675 bits per heavy atom. The molecule has 0 heterocycles. The number of nitrogens with one attached hydrogen (secondary N) is 2. The highest BCUT2D eigenvalue weighted by molar-refractivity contribution is 8.00. The van der Waals surface area contributed by atoms with Gasteiger partial charge < -0.3 is 15.7 Å². The molecule has 0 radical (unpaired) electrons. The van der Waals surface area contributed by atoms with Gasteiger partial charge in [-0.1, -0.05) is 72.3 Å². The number of aryl methyl sites for hydroxylation is 1. The molecule has 198 valence electrons. The Kier molecular flexibility index (Phi) is 7.94. The minimum absolute atomic E-state index is 0.0749. The third-order valence-corrected chi connectivity index (χ3v) is 7.67.